The SMILES string of the molecule is CC(C)C(Nc1c(F)c(F)c(F)c(F)c1F)c1ccccc1. The third-order valence-electron chi connectivity index (χ3n) is 3.33. The number of hydrogen-bond acceptors (Lipinski definition) is 1. The smallest absolute Gasteiger partial charge is 0.200 e. The molecule has 6 heteroatoms. The van der Waals surface area contributed by atoms with Crippen molar-refractivity contribution in [2.24, 2.45) is 5.92 Å². The molecule has 1 atom stereocenters. The number of halogens is 5. The highest BCUT2D eigenvalue weighted by Gasteiger charge is 2.28. The number of nitrogens with one attached hydrogen (secondary N) is 1. The van der Waals surface area contributed by atoms with Gasteiger partial charge in [0.1, 0.15) is 5.69 Å². The molecule has 1 nitrogen and oxygen atoms in total. The Morgan fingerprint density at radius 1 is 0.727 bits per heavy atom. The number of benzene rings is 2. The zero-order chi connectivity index (χ0) is 16.4. The van der Waals surface area contributed by atoms with Crippen molar-refractivity contribution in [1.29, 1.82) is 0 Å². The molecular weight excluding hydrogens is 301 g/mol. The van der Waals surface area contributed by atoms with Crippen LogP contribution in [0.25, 0.3) is 0 Å². The Morgan fingerprint density at radius 2 is 1.18 bits per heavy atom. The summed E-state index contributed by atoms with van der Waals surface area (Å²) >= 11 is 0. The lowest BCUT2D eigenvalue weighted by Gasteiger charge is -2.25. The first-order valence-electron chi connectivity index (χ1n) is 6.67. The normalized spacial score (nSPS) is 12.5. The summed E-state index contributed by atoms with van der Waals surface area (Å²) in [6.45, 7) is 3.55. The van der Waals surface area contributed by atoms with Crippen molar-refractivity contribution in [3.05, 3.63) is 65.0 Å². The van der Waals surface area contributed by atoms with Gasteiger partial charge in [-0.25, -0.2) is 22.0 Å². The van der Waals surface area contributed by atoms with Gasteiger partial charge in [-0.3, -0.25) is 0 Å². The van der Waals surface area contributed by atoms with Crippen LogP contribution in [0.5, 0.6) is 0 Å². The fourth-order valence-electron chi connectivity index (χ4n) is 2.18. The minimum Gasteiger partial charge on any atom is -0.373 e. The molecule has 2 rings (SSSR count). The monoisotopic (exact) mass is 315 g/mol. The predicted octanol–water partition coefficient (Wildman–Crippen LogP) is 5.19. The number of rotatable bonds is 4. The van der Waals surface area contributed by atoms with Crippen LogP contribution >= 0.6 is 0 Å². The van der Waals surface area contributed by atoms with Gasteiger partial charge < -0.3 is 5.32 Å². The highest BCUT2D eigenvalue weighted by molar-refractivity contribution is 5.50. The molecule has 0 amide bonds. The molecule has 0 aromatic heterocycles. The average Bonchev–Trinajstić information content (AvgIpc) is 2.51. The third-order valence-corrected chi connectivity index (χ3v) is 3.33. The lowest BCUT2D eigenvalue weighted by molar-refractivity contribution is 0.379. The van der Waals surface area contributed by atoms with Crippen LogP contribution in [0, 0.1) is 35.0 Å². The topological polar surface area (TPSA) is 12.0 Å². The van der Waals surface area contributed by atoms with Crippen LogP contribution in [-0.4, -0.2) is 0 Å². The number of anilines is 1. The predicted molar refractivity (Wildman–Crippen MR) is 73.9 cm³/mol. The maximum absolute atomic E-state index is 13.8. The Morgan fingerprint density at radius 3 is 1.64 bits per heavy atom. The van der Waals surface area contributed by atoms with E-state index >= 15 is 0 Å². The van der Waals surface area contributed by atoms with Gasteiger partial charge in [-0.15, -0.1) is 0 Å². The molecule has 1 unspecified atom stereocenters. The van der Waals surface area contributed by atoms with Gasteiger partial charge in [0.25, 0.3) is 0 Å². The van der Waals surface area contributed by atoms with E-state index in [-0.39, 0.29) is 5.92 Å². The van der Waals surface area contributed by atoms with Gasteiger partial charge in [-0.05, 0) is 11.5 Å². The standard InChI is InChI=1S/C16H14F5N/c1-8(2)15(9-6-4-3-5-7-9)22-16-13(20)11(18)10(17)12(19)14(16)21/h3-8,15,22H,1-2H3. The van der Waals surface area contributed by atoms with E-state index in [9.17, 15) is 22.0 Å². The van der Waals surface area contributed by atoms with Crippen LogP contribution in [0.1, 0.15) is 25.5 Å². The molecule has 0 fully saturated rings. The summed E-state index contributed by atoms with van der Waals surface area (Å²) in [5, 5.41) is 2.44. The molecule has 2 aromatic carbocycles. The van der Waals surface area contributed by atoms with Crippen molar-refractivity contribution in [3.8, 4) is 0 Å². The van der Waals surface area contributed by atoms with Gasteiger partial charge in [-0.2, -0.15) is 0 Å². The zero-order valence-corrected chi connectivity index (χ0v) is 11.9. The van der Waals surface area contributed by atoms with Crippen LogP contribution in [0.15, 0.2) is 30.3 Å². The highest BCUT2D eigenvalue weighted by atomic mass is 19.2. The van der Waals surface area contributed by atoms with Crippen molar-refractivity contribution >= 4 is 5.69 Å². The molecule has 0 saturated carbocycles. The van der Waals surface area contributed by atoms with E-state index < -0.39 is 40.8 Å². The Balaban J connectivity index is 2.48. The molecular formula is C16H14F5N. The minimum absolute atomic E-state index is 0.141. The van der Waals surface area contributed by atoms with Gasteiger partial charge in [0.15, 0.2) is 23.3 Å². The van der Waals surface area contributed by atoms with E-state index in [1.165, 1.54) is 0 Å². The maximum Gasteiger partial charge on any atom is 0.200 e. The summed E-state index contributed by atoms with van der Waals surface area (Å²) in [5.74, 6) is -9.95. The first-order chi connectivity index (χ1) is 10.3. The summed E-state index contributed by atoms with van der Waals surface area (Å²) in [6, 6.07) is 8.04. The summed E-state index contributed by atoms with van der Waals surface area (Å²) < 4.78 is 67.1. The molecule has 0 heterocycles. The largest absolute Gasteiger partial charge is 0.373 e. The Bertz CT molecular complexity index is 641. The molecule has 0 spiro atoms. The zero-order valence-electron chi connectivity index (χ0n) is 11.9. The molecule has 0 bridgehead atoms. The van der Waals surface area contributed by atoms with Gasteiger partial charge in [-0.1, -0.05) is 44.2 Å². The quantitative estimate of drug-likeness (QED) is 0.465. The fourth-order valence-corrected chi connectivity index (χ4v) is 2.18. The lowest BCUT2D eigenvalue weighted by Crippen LogP contribution is -2.20. The maximum atomic E-state index is 13.8. The molecule has 0 aliphatic carbocycles. The van der Waals surface area contributed by atoms with Crippen molar-refractivity contribution in [2.45, 2.75) is 19.9 Å². The second-order valence-electron chi connectivity index (χ2n) is 5.22. The summed E-state index contributed by atoms with van der Waals surface area (Å²) in [6.07, 6.45) is 0. The molecule has 0 radical (unpaired) electrons. The van der Waals surface area contributed by atoms with Crippen LogP contribution < -0.4 is 5.32 Å². The molecule has 1 N–H and O–H groups in total. The second-order valence-corrected chi connectivity index (χ2v) is 5.22. The fraction of sp³-hybridized carbons (Fsp3) is 0.250. The van der Waals surface area contributed by atoms with Crippen LogP contribution in [0.2, 0.25) is 0 Å². The first-order valence-corrected chi connectivity index (χ1v) is 6.67. The summed E-state index contributed by atoms with van der Waals surface area (Å²) in [5.41, 5.74) is -0.333. The van der Waals surface area contributed by atoms with Gasteiger partial charge in [0.05, 0.1) is 6.04 Å². The summed E-state index contributed by atoms with van der Waals surface area (Å²) in [7, 11) is 0. The Hall–Kier alpha value is -2.11. The molecule has 22 heavy (non-hydrogen) atoms. The summed E-state index contributed by atoms with van der Waals surface area (Å²) in [4.78, 5) is 0. The minimum atomic E-state index is -2.17. The highest BCUT2D eigenvalue weighted by Crippen LogP contribution is 2.32. The van der Waals surface area contributed by atoms with Crippen molar-refractivity contribution < 1.29 is 22.0 Å². The molecule has 118 valence electrons. The van der Waals surface area contributed by atoms with Crippen molar-refractivity contribution in [2.75, 3.05) is 5.32 Å². The second kappa shape index (κ2) is 6.34. The first kappa shape index (κ1) is 16.3. The molecule has 0 aliphatic heterocycles. The van der Waals surface area contributed by atoms with E-state index in [2.05, 4.69) is 5.32 Å². The van der Waals surface area contributed by atoms with Gasteiger partial charge in [0, 0.05) is 0 Å². The molecule has 0 saturated heterocycles. The third kappa shape index (κ3) is 2.91. The van der Waals surface area contributed by atoms with Crippen molar-refractivity contribution in [1.82, 2.24) is 0 Å². The van der Waals surface area contributed by atoms with Crippen LogP contribution in [0.4, 0.5) is 27.6 Å². The van der Waals surface area contributed by atoms with E-state index in [1.807, 2.05) is 0 Å². The Kier molecular flexibility index (Phi) is 4.68. The van der Waals surface area contributed by atoms with Crippen molar-refractivity contribution in [3.63, 3.8) is 0 Å². The Labute approximate surface area is 124 Å². The molecule has 0 aliphatic rings. The lowest BCUT2D eigenvalue weighted by atomic mass is 9.95. The van der Waals surface area contributed by atoms with E-state index in [4.69, 9.17) is 0 Å². The van der Waals surface area contributed by atoms with E-state index in [0.717, 1.165) is 0 Å². The van der Waals surface area contributed by atoms with Gasteiger partial charge in [0.2, 0.25) is 5.82 Å². The van der Waals surface area contributed by atoms with E-state index in [1.54, 1.807) is 44.2 Å². The number of hydrogen-bond donors (Lipinski definition) is 1. The van der Waals surface area contributed by atoms with E-state index in [0.29, 0.717) is 5.56 Å². The van der Waals surface area contributed by atoms with Crippen LogP contribution in [0.3, 0.4) is 0 Å². The molecule has 2 aromatic rings. The van der Waals surface area contributed by atoms with Crippen LogP contribution in [-0.2, 0) is 0 Å². The average molecular weight is 315 g/mol. The van der Waals surface area contributed by atoms with Gasteiger partial charge >= 0.3 is 0 Å².